The Morgan fingerprint density at radius 3 is 2.48 bits per heavy atom. The van der Waals surface area contributed by atoms with E-state index in [1.54, 1.807) is 14.2 Å². The van der Waals surface area contributed by atoms with E-state index in [4.69, 9.17) is 19.9 Å². The topological polar surface area (TPSA) is 81.3 Å². The molecule has 1 heterocycles. The van der Waals surface area contributed by atoms with E-state index in [2.05, 4.69) is 15.2 Å². The molecule has 3 rings (SSSR count). The molecule has 0 bridgehead atoms. The first-order valence-electron chi connectivity index (χ1n) is 10.2. The van der Waals surface area contributed by atoms with Gasteiger partial charge in [-0.3, -0.25) is 4.90 Å². The minimum absolute atomic E-state index is 0. The van der Waals surface area contributed by atoms with Gasteiger partial charge in [0, 0.05) is 25.2 Å². The van der Waals surface area contributed by atoms with E-state index in [0.29, 0.717) is 24.0 Å². The molecule has 29 heavy (non-hydrogen) atoms. The maximum atomic E-state index is 6.19. The van der Waals surface area contributed by atoms with Crippen molar-refractivity contribution >= 4 is 29.9 Å². The van der Waals surface area contributed by atoms with E-state index < -0.39 is 0 Å². The van der Waals surface area contributed by atoms with Crippen LogP contribution in [0.1, 0.15) is 37.7 Å². The van der Waals surface area contributed by atoms with E-state index in [1.807, 2.05) is 18.2 Å². The Balaban J connectivity index is 0.00000300. The fourth-order valence-corrected chi connectivity index (χ4v) is 4.32. The van der Waals surface area contributed by atoms with Crippen LogP contribution in [0.15, 0.2) is 23.2 Å². The minimum atomic E-state index is 0. The summed E-state index contributed by atoms with van der Waals surface area (Å²) in [6.45, 7) is 5.00. The van der Waals surface area contributed by atoms with Gasteiger partial charge < -0.3 is 25.3 Å². The Morgan fingerprint density at radius 1 is 1.14 bits per heavy atom. The number of nitrogens with one attached hydrogen (secondary N) is 1. The predicted octanol–water partition coefficient (Wildman–Crippen LogP) is 2.76. The molecular weight excluding hydrogens is 483 g/mol. The maximum absolute atomic E-state index is 6.19. The molecule has 1 aromatic carbocycles. The lowest BCUT2D eigenvalue weighted by molar-refractivity contribution is -0.0352. The van der Waals surface area contributed by atoms with Crippen LogP contribution in [0.25, 0.3) is 0 Å². The Morgan fingerprint density at radius 2 is 1.83 bits per heavy atom. The first-order valence-corrected chi connectivity index (χ1v) is 10.2. The van der Waals surface area contributed by atoms with Crippen LogP contribution in [0.5, 0.6) is 11.5 Å². The summed E-state index contributed by atoms with van der Waals surface area (Å²) in [5.74, 6) is 1.91. The molecule has 7 nitrogen and oxygen atoms in total. The van der Waals surface area contributed by atoms with Crippen molar-refractivity contribution in [2.24, 2.45) is 10.7 Å². The first-order chi connectivity index (χ1) is 13.7. The molecule has 0 aromatic heterocycles. The Labute approximate surface area is 191 Å². The quantitative estimate of drug-likeness (QED) is 0.328. The number of hydrogen-bond donors (Lipinski definition) is 2. The smallest absolute Gasteiger partial charge is 0.188 e. The van der Waals surface area contributed by atoms with Gasteiger partial charge in [-0.2, -0.15) is 0 Å². The Hall–Kier alpha value is -1.26. The molecule has 2 fully saturated rings. The Bertz CT molecular complexity index is 659. The van der Waals surface area contributed by atoms with Crippen molar-refractivity contribution in [2.45, 2.75) is 44.2 Å². The zero-order chi connectivity index (χ0) is 19.8. The number of nitrogens with zero attached hydrogens (tertiary/aromatic N) is 2. The van der Waals surface area contributed by atoms with Crippen molar-refractivity contribution < 1.29 is 14.2 Å². The molecule has 1 aliphatic carbocycles. The van der Waals surface area contributed by atoms with E-state index in [-0.39, 0.29) is 29.5 Å². The number of methoxy groups -OCH3 is 2. The van der Waals surface area contributed by atoms with Crippen molar-refractivity contribution in [1.82, 2.24) is 10.2 Å². The van der Waals surface area contributed by atoms with E-state index in [9.17, 15) is 0 Å². The van der Waals surface area contributed by atoms with Gasteiger partial charge in [0.15, 0.2) is 17.5 Å². The lowest BCUT2D eigenvalue weighted by Crippen LogP contribution is -2.60. The fraction of sp³-hybridized carbons (Fsp3) is 0.667. The SMILES string of the molecule is COc1ccc(CN=C(N)NCC2(N3CCOCC3)CCCCC2)cc1OC.I. The summed E-state index contributed by atoms with van der Waals surface area (Å²) in [5.41, 5.74) is 7.40. The largest absolute Gasteiger partial charge is 0.493 e. The zero-order valence-corrected chi connectivity index (χ0v) is 19.9. The van der Waals surface area contributed by atoms with Crippen LogP contribution in [0.3, 0.4) is 0 Å². The molecule has 0 atom stereocenters. The lowest BCUT2D eigenvalue weighted by atomic mass is 9.80. The third kappa shape index (κ3) is 6.36. The number of rotatable bonds is 7. The van der Waals surface area contributed by atoms with Crippen LogP contribution >= 0.6 is 24.0 Å². The first kappa shape index (κ1) is 24.0. The van der Waals surface area contributed by atoms with Gasteiger partial charge in [0.1, 0.15) is 0 Å². The molecule has 0 radical (unpaired) electrons. The third-order valence-electron chi connectivity index (χ3n) is 5.94. The molecule has 1 saturated heterocycles. The second-order valence-corrected chi connectivity index (χ2v) is 7.63. The van der Waals surface area contributed by atoms with Gasteiger partial charge in [-0.05, 0) is 30.5 Å². The highest BCUT2D eigenvalue weighted by Gasteiger charge is 2.38. The summed E-state index contributed by atoms with van der Waals surface area (Å²) in [6.07, 6.45) is 6.31. The Kier molecular flexibility index (Phi) is 9.78. The summed E-state index contributed by atoms with van der Waals surface area (Å²) >= 11 is 0. The molecule has 3 N–H and O–H groups in total. The molecule has 0 unspecified atom stereocenters. The van der Waals surface area contributed by atoms with Gasteiger partial charge in [0.25, 0.3) is 0 Å². The molecule has 0 spiro atoms. The monoisotopic (exact) mass is 518 g/mol. The molecule has 1 aliphatic heterocycles. The van der Waals surface area contributed by atoms with Gasteiger partial charge in [0.2, 0.25) is 0 Å². The average Bonchev–Trinajstić information content (AvgIpc) is 2.77. The van der Waals surface area contributed by atoms with Crippen LogP contribution < -0.4 is 20.5 Å². The molecule has 1 saturated carbocycles. The number of ether oxygens (including phenoxy) is 3. The lowest BCUT2D eigenvalue weighted by Gasteiger charge is -2.48. The number of guanidine groups is 1. The maximum Gasteiger partial charge on any atom is 0.188 e. The highest BCUT2D eigenvalue weighted by atomic mass is 127. The molecule has 8 heteroatoms. The van der Waals surface area contributed by atoms with Crippen LogP contribution in [0.4, 0.5) is 0 Å². The molecule has 2 aliphatic rings. The van der Waals surface area contributed by atoms with Gasteiger partial charge in [-0.1, -0.05) is 25.3 Å². The minimum Gasteiger partial charge on any atom is -0.493 e. The van der Waals surface area contributed by atoms with Crippen molar-refractivity contribution in [3.05, 3.63) is 23.8 Å². The van der Waals surface area contributed by atoms with Gasteiger partial charge in [-0.15, -0.1) is 24.0 Å². The number of nitrogens with two attached hydrogens (primary N) is 1. The number of morpholine rings is 1. The number of benzene rings is 1. The second kappa shape index (κ2) is 11.8. The number of aliphatic imine (C=N–C) groups is 1. The molecule has 0 amide bonds. The van der Waals surface area contributed by atoms with E-state index in [1.165, 1.54) is 32.1 Å². The summed E-state index contributed by atoms with van der Waals surface area (Å²) < 4.78 is 16.2. The van der Waals surface area contributed by atoms with Crippen molar-refractivity contribution in [2.75, 3.05) is 47.1 Å². The van der Waals surface area contributed by atoms with Crippen molar-refractivity contribution in [3.63, 3.8) is 0 Å². The van der Waals surface area contributed by atoms with Gasteiger partial charge in [0.05, 0.1) is 34.0 Å². The summed E-state index contributed by atoms with van der Waals surface area (Å²) in [6, 6.07) is 5.81. The highest BCUT2D eigenvalue weighted by Crippen LogP contribution is 2.34. The van der Waals surface area contributed by atoms with Crippen LogP contribution in [0.2, 0.25) is 0 Å². The fourth-order valence-electron chi connectivity index (χ4n) is 4.32. The molecule has 164 valence electrons. The summed E-state index contributed by atoms with van der Waals surface area (Å²) in [4.78, 5) is 7.13. The average molecular weight is 518 g/mol. The number of halogens is 1. The normalized spacial score (nSPS) is 19.9. The highest BCUT2D eigenvalue weighted by molar-refractivity contribution is 14.0. The van der Waals surface area contributed by atoms with Crippen LogP contribution in [0, 0.1) is 0 Å². The number of hydrogen-bond acceptors (Lipinski definition) is 5. The van der Waals surface area contributed by atoms with Crippen LogP contribution in [-0.2, 0) is 11.3 Å². The van der Waals surface area contributed by atoms with Crippen LogP contribution in [-0.4, -0.2) is 63.5 Å². The standard InChI is InChI=1S/C21H34N4O3.HI/c1-26-18-7-6-17(14-19(18)27-2)15-23-20(22)24-16-21(8-4-3-5-9-21)25-10-12-28-13-11-25;/h6-7,14H,3-5,8-13,15-16H2,1-2H3,(H3,22,23,24);1H. The summed E-state index contributed by atoms with van der Waals surface area (Å²) in [7, 11) is 3.27. The van der Waals surface area contributed by atoms with Gasteiger partial charge >= 0.3 is 0 Å². The third-order valence-corrected chi connectivity index (χ3v) is 5.94. The van der Waals surface area contributed by atoms with E-state index in [0.717, 1.165) is 38.4 Å². The van der Waals surface area contributed by atoms with Crippen molar-refractivity contribution in [3.8, 4) is 11.5 Å². The summed E-state index contributed by atoms with van der Waals surface area (Å²) in [5, 5.41) is 3.40. The van der Waals surface area contributed by atoms with E-state index >= 15 is 0 Å². The predicted molar refractivity (Wildman–Crippen MR) is 126 cm³/mol. The van der Waals surface area contributed by atoms with Gasteiger partial charge in [-0.25, -0.2) is 4.99 Å². The molecule has 1 aromatic rings. The molecular formula is C21H35IN4O3. The second-order valence-electron chi connectivity index (χ2n) is 7.63. The van der Waals surface area contributed by atoms with Crippen molar-refractivity contribution in [1.29, 1.82) is 0 Å². The zero-order valence-electron chi connectivity index (χ0n) is 17.6.